The van der Waals surface area contributed by atoms with Crippen LogP contribution in [0.4, 0.5) is 5.82 Å². The van der Waals surface area contributed by atoms with Gasteiger partial charge in [-0.25, -0.2) is 9.97 Å². The second kappa shape index (κ2) is 7.11. The van der Waals surface area contributed by atoms with Crippen LogP contribution in [-0.4, -0.2) is 59.3 Å². The third-order valence-electron chi connectivity index (χ3n) is 4.32. The van der Waals surface area contributed by atoms with E-state index in [1.165, 1.54) is 10.9 Å². The molecule has 1 N–H and O–H groups in total. The number of rotatable bonds is 5. The Morgan fingerprint density at radius 2 is 1.96 bits per heavy atom. The van der Waals surface area contributed by atoms with Crippen molar-refractivity contribution in [3.63, 3.8) is 0 Å². The molecule has 0 aromatic carbocycles. The van der Waals surface area contributed by atoms with E-state index in [2.05, 4.69) is 34.0 Å². The van der Waals surface area contributed by atoms with E-state index in [0.29, 0.717) is 5.92 Å². The maximum absolute atomic E-state index is 9.10. The average Bonchev–Trinajstić information content (AvgIpc) is 2.89. The van der Waals surface area contributed by atoms with Crippen LogP contribution < -0.4 is 4.90 Å². The van der Waals surface area contributed by atoms with E-state index in [-0.39, 0.29) is 6.61 Å². The van der Waals surface area contributed by atoms with E-state index in [0.717, 1.165) is 55.6 Å². The highest BCUT2D eigenvalue weighted by atomic mass is 32.1. The highest BCUT2D eigenvalue weighted by Gasteiger charge is 2.22. The molecule has 6 heteroatoms. The van der Waals surface area contributed by atoms with Crippen LogP contribution in [0.25, 0.3) is 10.2 Å². The molecular formula is C17H26N4OS. The molecule has 3 rings (SSSR count). The second-order valence-corrected chi connectivity index (χ2v) is 7.54. The highest BCUT2D eigenvalue weighted by Crippen LogP contribution is 2.33. The minimum Gasteiger partial charge on any atom is -0.395 e. The largest absolute Gasteiger partial charge is 0.395 e. The number of hydrogen-bond acceptors (Lipinski definition) is 6. The number of hydrogen-bond donors (Lipinski definition) is 1. The molecule has 1 fully saturated rings. The summed E-state index contributed by atoms with van der Waals surface area (Å²) in [5.41, 5.74) is 1.38. The molecule has 1 saturated heterocycles. The topological polar surface area (TPSA) is 52.5 Å². The number of anilines is 1. The van der Waals surface area contributed by atoms with Crippen molar-refractivity contribution in [3.8, 4) is 0 Å². The molecule has 0 radical (unpaired) electrons. The van der Waals surface area contributed by atoms with E-state index < -0.39 is 0 Å². The van der Waals surface area contributed by atoms with Gasteiger partial charge in [0.2, 0.25) is 0 Å². The molecule has 0 unspecified atom stereocenters. The minimum absolute atomic E-state index is 0.236. The van der Waals surface area contributed by atoms with Crippen LogP contribution in [0.15, 0.2) is 5.38 Å². The Morgan fingerprint density at radius 3 is 2.61 bits per heavy atom. The fourth-order valence-electron chi connectivity index (χ4n) is 3.23. The third kappa shape index (κ3) is 3.65. The molecule has 0 atom stereocenters. The Kier molecular flexibility index (Phi) is 5.14. The number of thiophene rings is 1. The van der Waals surface area contributed by atoms with Crippen molar-refractivity contribution in [2.24, 2.45) is 5.92 Å². The summed E-state index contributed by atoms with van der Waals surface area (Å²) in [7, 11) is 0. The Bertz CT molecular complexity index is 662. The van der Waals surface area contributed by atoms with Crippen LogP contribution in [0.3, 0.4) is 0 Å². The molecule has 0 aliphatic carbocycles. The number of piperazine rings is 1. The molecule has 3 heterocycles. The fourth-order valence-corrected chi connectivity index (χ4v) is 4.22. The van der Waals surface area contributed by atoms with Crippen LogP contribution in [0, 0.1) is 12.8 Å². The van der Waals surface area contributed by atoms with Gasteiger partial charge in [0.25, 0.3) is 0 Å². The number of aromatic nitrogens is 2. The average molecular weight is 334 g/mol. The molecule has 0 saturated carbocycles. The maximum atomic E-state index is 9.10. The lowest BCUT2D eigenvalue weighted by atomic mass is 10.0. The first-order valence-electron chi connectivity index (χ1n) is 8.41. The SMILES string of the molecule is Cc1nc(N2CCN(CCO)CC2)c2c(CC(C)C)csc2n1. The smallest absolute Gasteiger partial charge is 0.141 e. The van der Waals surface area contributed by atoms with Crippen molar-refractivity contribution in [2.45, 2.75) is 27.2 Å². The number of aliphatic hydroxyl groups is 1. The van der Waals surface area contributed by atoms with Crippen LogP contribution in [0.1, 0.15) is 25.2 Å². The van der Waals surface area contributed by atoms with Gasteiger partial charge >= 0.3 is 0 Å². The standard InChI is InChI=1S/C17H26N4OS/c1-12(2)10-14-11-23-17-15(14)16(18-13(3)19-17)21-6-4-20(5-7-21)8-9-22/h11-12,22H,4-10H2,1-3H3. The number of aryl methyl sites for hydroxylation is 1. The first-order valence-corrected chi connectivity index (χ1v) is 9.29. The Morgan fingerprint density at radius 1 is 1.22 bits per heavy atom. The van der Waals surface area contributed by atoms with Gasteiger partial charge in [0.1, 0.15) is 16.5 Å². The lowest BCUT2D eigenvalue weighted by molar-refractivity contribution is 0.188. The summed E-state index contributed by atoms with van der Waals surface area (Å²) in [5, 5.41) is 12.6. The zero-order chi connectivity index (χ0) is 16.4. The van der Waals surface area contributed by atoms with Crippen molar-refractivity contribution in [1.82, 2.24) is 14.9 Å². The summed E-state index contributed by atoms with van der Waals surface area (Å²) in [5.74, 6) is 2.58. The monoisotopic (exact) mass is 334 g/mol. The molecule has 1 aliphatic heterocycles. The van der Waals surface area contributed by atoms with E-state index in [1.54, 1.807) is 11.3 Å². The van der Waals surface area contributed by atoms with Gasteiger partial charge in [-0.15, -0.1) is 11.3 Å². The van der Waals surface area contributed by atoms with Gasteiger partial charge in [-0.3, -0.25) is 4.90 Å². The predicted octanol–water partition coefficient (Wildman–Crippen LogP) is 2.31. The normalized spacial score (nSPS) is 16.7. The van der Waals surface area contributed by atoms with Gasteiger partial charge in [-0.1, -0.05) is 13.8 Å². The summed E-state index contributed by atoms with van der Waals surface area (Å²) in [4.78, 5) is 15.2. The summed E-state index contributed by atoms with van der Waals surface area (Å²) in [6.07, 6.45) is 1.07. The van der Waals surface area contributed by atoms with Gasteiger partial charge in [-0.2, -0.15) is 0 Å². The van der Waals surface area contributed by atoms with Gasteiger partial charge in [0, 0.05) is 32.7 Å². The molecule has 5 nitrogen and oxygen atoms in total. The first-order chi connectivity index (χ1) is 11.1. The minimum atomic E-state index is 0.236. The van der Waals surface area contributed by atoms with Gasteiger partial charge in [-0.05, 0) is 30.2 Å². The van der Waals surface area contributed by atoms with Gasteiger partial charge in [0.15, 0.2) is 0 Å². The van der Waals surface area contributed by atoms with Crippen molar-refractivity contribution < 1.29 is 5.11 Å². The summed E-state index contributed by atoms with van der Waals surface area (Å²) >= 11 is 1.74. The zero-order valence-corrected chi connectivity index (χ0v) is 15.1. The molecule has 0 bridgehead atoms. The van der Waals surface area contributed by atoms with Crippen LogP contribution >= 0.6 is 11.3 Å². The van der Waals surface area contributed by atoms with Crippen molar-refractivity contribution >= 4 is 27.4 Å². The van der Waals surface area contributed by atoms with Gasteiger partial charge in [0.05, 0.1) is 12.0 Å². The Hall–Kier alpha value is -1.24. The number of nitrogens with zero attached hydrogens (tertiary/aromatic N) is 4. The van der Waals surface area contributed by atoms with E-state index >= 15 is 0 Å². The number of β-amino-alcohol motifs (C(OH)–C–C–N with tert-alkyl or cyclic N) is 1. The van der Waals surface area contributed by atoms with Crippen LogP contribution in [0.2, 0.25) is 0 Å². The fraction of sp³-hybridized carbons (Fsp3) is 0.647. The number of fused-ring (bicyclic) bond motifs is 1. The molecule has 0 spiro atoms. The summed E-state index contributed by atoms with van der Waals surface area (Å²) in [6, 6.07) is 0. The molecule has 2 aromatic rings. The van der Waals surface area contributed by atoms with Crippen LogP contribution in [0.5, 0.6) is 0 Å². The highest BCUT2D eigenvalue weighted by molar-refractivity contribution is 7.17. The van der Waals surface area contributed by atoms with Crippen molar-refractivity contribution in [2.75, 3.05) is 44.2 Å². The molecule has 23 heavy (non-hydrogen) atoms. The first kappa shape index (κ1) is 16.6. The van der Waals surface area contributed by atoms with Crippen LogP contribution in [-0.2, 0) is 6.42 Å². The second-order valence-electron chi connectivity index (χ2n) is 6.69. The summed E-state index contributed by atoms with van der Waals surface area (Å²) in [6.45, 7) is 11.4. The van der Waals surface area contributed by atoms with E-state index in [4.69, 9.17) is 10.1 Å². The molecular weight excluding hydrogens is 308 g/mol. The molecule has 2 aromatic heterocycles. The molecule has 1 aliphatic rings. The lowest BCUT2D eigenvalue weighted by Crippen LogP contribution is -2.47. The number of aliphatic hydroxyl groups excluding tert-OH is 1. The zero-order valence-electron chi connectivity index (χ0n) is 14.2. The lowest BCUT2D eigenvalue weighted by Gasteiger charge is -2.35. The van der Waals surface area contributed by atoms with Crippen molar-refractivity contribution in [3.05, 3.63) is 16.8 Å². The third-order valence-corrected chi connectivity index (χ3v) is 5.24. The maximum Gasteiger partial charge on any atom is 0.141 e. The molecule has 0 amide bonds. The Balaban J connectivity index is 1.91. The van der Waals surface area contributed by atoms with Crippen molar-refractivity contribution in [1.29, 1.82) is 0 Å². The van der Waals surface area contributed by atoms with E-state index in [9.17, 15) is 0 Å². The Labute approximate surface area is 142 Å². The molecule has 126 valence electrons. The predicted molar refractivity (Wildman–Crippen MR) is 96.4 cm³/mol. The summed E-state index contributed by atoms with van der Waals surface area (Å²) < 4.78 is 0. The quantitative estimate of drug-likeness (QED) is 0.909. The van der Waals surface area contributed by atoms with Gasteiger partial charge < -0.3 is 10.0 Å². The van der Waals surface area contributed by atoms with E-state index in [1.807, 2.05) is 6.92 Å².